The number of pyridine rings is 1. The molecule has 1 aromatic heterocycles. The van der Waals surface area contributed by atoms with Crippen LogP contribution in [0.5, 0.6) is 5.75 Å². The Kier molecular flexibility index (Phi) is 3.01. The number of likely N-dealkylation sites (tertiary alicyclic amines) is 1. The highest BCUT2D eigenvalue weighted by atomic mass is 16.5. The fourth-order valence-electron chi connectivity index (χ4n) is 1.85. The van der Waals surface area contributed by atoms with Crippen molar-refractivity contribution in [3.63, 3.8) is 0 Å². The molecule has 0 N–H and O–H groups in total. The van der Waals surface area contributed by atoms with Crippen LogP contribution in [0.2, 0.25) is 0 Å². The number of nitrogens with zero attached hydrogens (tertiary/aromatic N) is 2. The molecule has 1 fully saturated rings. The van der Waals surface area contributed by atoms with Crippen molar-refractivity contribution < 1.29 is 4.74 Å². The van der Waals surface area contributed by atoms with Crippen molar-refractivity contribution in [2.45, 2.75) is 20.0 Å². The zero-order valence-electron chi connectivity index (χ0n) is 10.1. The second-order valence-electron chi connectivity index (χ2n) is 4.32. The van der Waals surface area contributed by atoms with Gasteiger partial charge in [-0.2, -0.15) is 0 Å². The van der Waals surface area contributed by atoms with Crippen molar-refractivity contribution >= 4 is 0 Å². The average molecular weight is 222 g/mol. The summed E-state index contributed by atoms with van der Waals surface area (Å²) in [5.41, 5.74) is 0.913. The number of ether oxygens (including phenoxy) is 1. The molecule has 0 saturated carbocycles. The van der Waals surface area contributed by atoms with E-state index < -0.39 is 0 Å². The monoisotopic (exact) mass is 222 g/mol. The lowest BCUT2D eigenvalue weighted by molar-refractivity contribution is 0.0236. The summed E-state index contributed by atoms with van der Waals surface area (Å²) >= 11 is 0. The summed E-state index contributed by atoms with van der Waals surface area (Å²) in [6, 6.07) is 3.47. The summed E-state index contributed by atoms with van der Waals surface area (Å²) in [7, 11) is 1.77. The summed E-state index contributed by atoms with van der Waals surface area (Å²) in [5.74, 6) is 0.696. The van der Waals surface area contributed by atoms with Gasteiger partial charge in [0.2, 0.25) is 0 Å². The molecule has 0 aliphatic carbocycles. The van der Waals surface area contributed by atoms with Crippen molar-refractivity contribution in [2.75, 3.05) is 19.6 Å². The molecule has 1 aromatic rings. The van der Waals surface area contributed by atoms with E-state index in [0.29, 0.717) is 5.75 Å². The predicted molar refractivity (Wildman–Crippen MR) is 63.0 cm³/mol. The first-order valence-corrected chi connectivity index (χ1v) is 5.67. The zero-order valence-corrected chi connectivity index (χ0v) is 10.1. The fraction of sp³-hybridized carbons (Fsp3) is 0.583. The van der Waals surface area contributed by atoms with Crippen molar-refractivity contribution in [3.8, 4) is 5.75 Å². The number of aromatic nitrogens is 1. The van der Waals surface area contributed by atoms with Crippen LogP contribution in [0.3, 0.4) is 0 Å². The molecule has 2 rings (SSSR count). The molecule has 1 aliphatic rings. The SMILES string of the molecule is CCN1CC(Oc2cc(C)n(C)c(=O)c2)C1. The molecule has 0 atom stereocenters. The lowest BCUT2D eigenvalue weighted by Crippen LogP contribution is -2.53. The van der Waals surface area contributed by atoms with Gasteiger partial charge in [0.05, 0.1) is 0 Å². The van der Waals surface area contributed by atoms with Crippen LogP contribution in [0.4, 0.5) is 0 Å². The van der Waals surface area contributed by atoms with Crippen molar-refractivity contribution in [1.29, 1.82) is 0 Å². The molecule has 4 heteroatoms. The molecule has 0 unspecified atom stereocenters. The van der Waals surface area contributed by atoms with Crippen LogP contribution in [0.15, 0.2) is 16.9 Å². The highest BCUT2D eigenvalue weighted by Crippen LogP contribution is 2.17. The Bertz CT molecular complexity index is 433. The van der Waals surface area contributed by atoms with Crippen LogP contribution >= 0.6 is 0 Å². The summed E-state index contributed by atoms with van der Waals surface area (Å²) < 4.78 is 7.36. The average Bonchev–Trinajstić information content (AvgIpc) is 2.19. The Hall–Kier alpha value is -1.29. The lowest BCUT2D eigenvalue weighted by atomic mass is 10.2. The standard InChI is InChI=1S/C12H18N2O2/c1-4-14-7-11(8-14)16-10-5-9(2)13(3)12(15)6-10/h5-6,11H,4,7-8H2,1-3H3. The normalized spacial score (nSPS) is 17.2. The third-order valence-electron chi connectivity index (χ3n) is 3.15. The molecule has 0 radical (unpaired) electrons. The van der Waals surface area contributed by atoms with E-state index in [1.807, 2.05) is 13.0 Å². The van der Waals surface area contributed by atoms with Gasteiger partial charge in [0, 0.05) is 31.9 Å². The maximum Gasteiger partial charge on any atom is 0.254 e. The molecule has 0 bridgehead atoms. The first-order valence-electron chi connectivity index (χ1n) is 5.67. The van der Waals surface area contributed by atoms with Gasteiger partial charge in [0.25, 0.3) is 5.56 Å². The topological polar surface area (TPSA) is 34.5 Å². The first kappa shape index (κ1) is 11.2. The van der Waals surface area contributed by atoms with E-state index in [9.17, 15) is 4.79 Å². The minimum Gasteiger partial charge on any atom is -0.487 e. The van der Waals surface area contributed by atoms with Crippen LogP contribution in [0.25, 0.3) is 0 Å². The Balaban J connectivity index is 2.03. The molecule has 4 nitrogen and oxygen atoms in total. The molecule has 0 spiro atoms. The van der Waals surface area contributed by atoms with Gasteiger partial charge in [-0.05, 0) is 19.5 Å². The van der Waals surface area contributed by atoms with Gasteiger partial charge in [0.15, 0.2) is 0 Å². The molecule has 16 heavy (non-hydrogen) atoms. The first-order chi connectivity index (χ1) is 7.60. The van der Waals surface area contributed by atoms with Crippen LogP contribution < -0.4 is 10.3 Å². The molecule has 1 saturated heterocycles. The van der Waals surface area contributed by atoms with Crippen LogP contribution in [-0.2, 0) is 7.05 Å². The molecule has 0 amide bonds. The third-order valence-corrected chi connectivity index (χ3v) is 3.15. The molecular formula is C12H18N2O2. The van der Waals surface area contributed by atoms with Gasteiger partial charge >= 0.3 is 0 Å². The van der Waals surface area contributed by atoms with Crippen molar-refractivity contribution in [2.24, 2.45) is 7.05 Å². The Morgan fingerprint density at radius 2 is 2.12 bits per heavy atom. The highest BCUT2D eigenvalue weighted by molar-refractivity contribution is 5.23. The molecular weight excluding hydrogens is 204 g/mol. The number of hydrogen-bond acceptors (Lipinski definition) is 3. The predicted octanol–water partition coefficient (Wildman–Crippen LogP) is 0.777. The molecule has 2 heterocycles. The van der Waals surface area contributed by atoms with Gasteiger partial charge in [-0.25, -0.2) is 0 Å². The Labute approximate surface area is 95.4 Å². The second kappa shape index (κ2) is 4.29. The van der Waals surface area contributed by atoms with Gasteiger partial charge < -0.3 is 9.30 Å². The van der Waals surface area contributed by atoms with Gasteiger partial charge in [-0.3, -0.25) is 9.69 Å². The van der Waals surface area contributed by atoms with E-state index in [0.717, 1.165) is 25.3 Å². The fourth-order valence-corrected chi connectivity index (χ4v) is 1.85. The van der Waals surface area contributed by atoms with E-state index in [4.69, 9.17) is 4.74 Å². The number of hydrogen-bond donors (Lipinski definition) is 0. The van der Waals surface area contributed by atoms with E-state index >= 15 is 0 Å². The summed E-state index contributed by atoms with van der Waals surface area (Å²) in [5, 5.41) is 0. The van der Waals surface area contributed by atoms with Gasteiger partial charge in [0.1, 0.15) is 11.9 Å². The smallest absolute Gasteiger partial charge is 0.254 e. The van der Waals surface area contributed by atoms with E-state index in [1.165, 1.54) is 0 Å². The van der Waals surface area contributed by atoms with Crippen LogP contribution in [0.1, 0.15) is 12.6 Å². The molecule has 88 valence electrons. The molecule has 0 aromatic carbocycles. The summed E-state index contributed by atoms with van der Waals surface area (Å²) in [6.45, 7) is 7.04. The number of rotatable bonds is 3. The number of aryl methyl sites for hydroxylation is 1. The van der Waals surface area contributed by atoms with Crippen LogP contribution in [-0.4, -0.2) is 35.2 Å². The summed E-state index contributed by atoms with van der Waals surface area (Å²) in [4.78, 5) is 13.8. The van der Waals surface area contributed by atoms with Crippen LogP contribution in [0, 0.1) is 6.92 Å². The maximum atomic E-state index is 11.5. The van der Waals surface area contributed by atoms with Crippen molar-refractivity contribution in [1.82, 2.24) is 9.47 Å². The van der Waals surface area contributed by atoms with Gasteiger partial charge in [-0.15, -0.1) is 0 Å². The second-order valence-corrected chi connectivity index (χ2v) is 4.32. The number of likely N-dealkylation sites (N-methyl/N-ethyl adjacent to an activating group) is 1. The maximum absolute atomic E-state index is 11.5. The Morgan fingerprint density at radius 1 is 1.44 bits per heavy atom. The van der Waals surface area contributed by atoms with E-state index in [2.05, 4.69) is 11.8 Å². The summed E-state index contributed by atoms with van der Waals surface area (Å²) in [6.07, 6.45) is 0.242. The third kappa shape index (κ3) is 2.11. The van der Waals surface area contributed by atoms with E-state index in [1.54, 1.807) is 17.7 Å². The largest absolute Gasteiger partial charge is 0.487 e. The van der Waals surface area contributed by atoms with Crippen molar-refractivity contribution in [3.05, 3.63) is 28.2 Å². The Morgan fingerprint density at radius 3 is 2.69 bits per heavy atom. The van der Waals surface area contributed by atoms with Gasteiger partial charge in [-0.1, -0.05) is 6.92 Å². The zero-order chi connectivity index (χ0) is 11.7. The molecule has 1 aliphatic heterocycles. The lowest BCUT2D eigenvalue weighted by Gasteiger charge is -2.38. The van der Waals surface area contributed by atoms with E-state index in [-0.39, 0.29) is 11.7 Å². The minimum atomic E-state index is -0.0123. The highest BCUT2D eigenvalue weighted by Gasteiger charge is 2.26. The minimum absolute atomic E-state index is 0.0123. The quantitative estimate of drug-likeness (QED) is 0.758.